The van der Waals surface area contributed by atoms with Gasteiger partial charge < -0.3 is 10.6 Å². The van der Waals surface area contributed by atoms with Gasteiger partial charge in [-0.25, -0.2) is 4.98 Å². The summed E-state index contributed by atoms with van der Waals surface area (Å²) >= 11 is 0. The van der Waals surface area contributed by atoms with E-state index >= 15 is 0 Å². The maximum absolute atomic E-state index is 13.6. The van der Waals surface area contributed by atoms with Gasteiger partial charge in [-0.2, -0.15) is 0 Å². The Kier molecular flexibility index (Phi) is 8.87. The van der Waals surface area contributed by atoms with Crippen molar-refractivity contribution in [2.24, 2.45) is 11.8 Å². The highest BCUT2D eigenvalue weighted by Crippen LogP contribution is 2.31. The summed E-state index contributed by atoms with van der Waals surface area (Å²) in [6.07, 6.45) is 8.43. The lowest BCUT2D eigenvalue weighted by Gasteiger charge is -2.35. The van der Waals surface area contributed by atoms with Crippen LogP contribution in [-0.2, 0) is 14.4 Å². The monoisotopic (exact) mass is 535 g/mol. The normalized spacial score (nSPS) is 21.9. The zero-order valence-corrected chi connectivity index (χ0v) is 23.3. The number of aromatic nitrogens is 2. The SMILES string of the molecule is C=CCC(CC)(CC)NC(=O)C1CCC(CNc2cccc3nc(C)n(C4CCC(=O)NC4=O)c(=O)c23)CC1. The van der Waals surface area contributed by atoms with E-state index in [1.807, 2.05) is 18.2 Å². The largest absolute Gasteiger partial charge is 0.384 e. The van der Waals surface area contributed by atoms with Crippen LogP contribution in [0, 0.1) is 18.8 Å². The number of hydrogen-bond donors (Lipinski definition) is 3. The van der Waals surface area contributed by atoms with Crippen LogP contribution < -0.4 is 21.5 Å². The van der Waals surface area contributed by atoms with Gasteiger partial charge in [0.05, 0.1) is 10.9 Å². The molecule has 210 valence electrons. The third-order valence-electron chi connectivity index (χ3n) is 8.70. The van der Waals surface area contributed by atoms with Gasteiger partial charge in [-0.15, -0.1) is 6.58 Å². The minimum atomic E-state index is -0.757. The average molecular weight is 536 g/mol. The number of nitrogens with one attached hydrogen (secondary N) is 3. The molecule has 1 unspecified atom stereocenters. The Hall–Kier alpha value is -3.49. The molecular formula is C30H41N5O4. The summed E-state index contributed by atoms with van der Waals surface area (Å²) < 4.78 is 1.41. The quantitative estimate of drug-likeness (QED) is 0.310. The Morgan fingerprint density at radius 3 is 2.51 bits per heavy atom. The highest BCUT2D eigenvalue weighted by Gasteiger charge is 2.33. The molecule has 2 fully saturated rings. The molecule has 39 heavy (non-hydrogen) atoms. The second-order valence-corrected chi connectivity index (χ2v) is 11.1. The van der Waals surface area contributed by atoms with Gasteiger partial charge in [-0.3, -0.25) is 29.1 Å². The molecule has 9 heteroatoms. The first-order valence-corrected chi connectivity index (χ1v) is 14.2. The minimum absolute atomic E-state index is 0.0222. The van der Waals surface area contributed by atoms with E-state index in [2.05, 4.69) is 41.4 Å². The molecule has 0 spiro atoms. The number of carbonyl (C=O) groups is 3. The van der Waals surface area contributed by atoms with E-state index in [0.717, 1.165) is 44.9 Å². The Morgan fingerprint density at radius 1 is 1.15 bits per heavy atom. The van der Waals surface area contributed by atoms with Crippen molar-refractivity contribution in [3.05, 3.63) is 47.0 Å². The second-order valence-electron chi connectivity index (χ2n) is 11.1. The lowest BCUT2D eigenvalue weighted by Crippen LogP contribution is -2.50. The first kappa shape index (κ1) is 28.5. The third kappa shape index (κ3) is 6.07. The van der Waals surface area contributed by atoms with Crippen LogP contribution in [0.5, 0.6) is 0 Å². The lowest BCUT2D eigenvalue weighted by molar-refractivity contribution is -0.136. The van der Waals surface area contributed by atoms with Crippen LogP contribution in [0.2, 0.25) is 0 Å². The minimum Gasteiger partial charge on any atom is -0.384 e. The summed E-state index contributed by atoms with van der Waals surface area (Å²) in [6.45, 7) is 10.5. The van der Waals surface area contributed by atoms with Crippen LogP contribution in [-0.4, -0.2) is 39.4 Å². The molecule has 1 saturated carbocycles. The molecule has 1 aromatic heterocycles. The molecule has 3 amide bonds. The van der Waals surface area contributed by atoms with Crippen LogP contribution in [0.25, 0.3) is 10.9 Å². The lowest BCUT2D eigenvalue weighted by atomic mass is 9.80. The Balaban J connectivity index is 1.44. The number of benzene rings is 1. The number of rotatable bonds is 10. The van der Waals surface area contributed by atoms with E-state index in [1.54, 1.807) is 13.0 Å². The fraction of sp³-hybridized carbons (Fsp3) is 0.567. The summed E-state index contributed by atoms with van der Waals surface area (Å²) in [6, 6.07) is 4.77. The molecule has 1 aliphatic heterocycles. The van der Waals surface area contributed by atoms with Gasteiger partial charge in [-0.1, -0.05) is 26.0 Å². The number of piperidine rings is 1. The summed E-state index contributed by atoms with van der Waals surface area (Å²) in [5, 5.41) is 9.57. The zero-order chi connectivity index (χ0) is 28.2. The molecule has 1 saturated heterocycles. The van der Waals surface area contributed by atoms with Gasteiger partial charge in [0, 0.05) is 30.1 Å². The third-order valence-corrected chi connectivity index (χ3v) is 8.70. The van der Waals surface area contributed by atoms with E-state index in [1.165, 1.54) is 4.57 Å². The van der Waals surface area contributed by atoms with Gasteiger partial charge in [0.1, 0.15) is 11.9 Å². The Labute approximate surface area is 229 Å². The van der Waals surface area contributed by atoms with Crippen molar-refractivity contribution in [3.63, 3.8) is 0 Å². The number of nitrogens with zero attached hydrogens (tertiary/aromatic N) is 2. The molecule has 9 nitrogen and oxygen atoms in total. The summed E-state index contributed by atoms with van der Waals surface area (Å²) in [5.41, 5.74) is 0.760. The smallest absolute Gasteiger partial charge is 0.264 e. The first-order valence-electron chi connectivity index (χ1n) is 14.2. The topological polar surface area (TPSA) is 122 Å². The average Bonchev–Trinajstić information content (AvgIpc) is 2.92. The molecular weight excluding hydrogens is 494 g/mol. The molecule has 2 heterocycles. The van der Waals surface area contributed by atoms with Crippen molar-refractivity contribution in [3.8, 4) is 0 Å². The fourth-order valence-corrected chi connectivity index (χ4v) is 6.09. The van der Waals surface area contributed by atoms with Gasteiger partial charge in [0.25, 0.3) is 5.56 Å². The summed E-state index contributed by atoms with van der Waals surface area (Å²) in [4.78, 5) is 55.4. The van der Waals surface area contributed by atoms with Gasteiger partial charge in [0.2, 0.25) is 17.7 Å². The van der Waals surface area contributed by atoms with E-state index in [-0.39, 0.29) is 41.7 Å². The van der Waals surface area contributed by atoms with Gasteiger partial charge in [0.15, 0.2) is 0 Å². The van der Waals surface area contributed by atoms with Crippen molar-refractivity contribution in [2.75, 3.05) is 11.9 Å². The molecule has 0 radical (unpaired) electrons. The number of aryl methyl sites for hydroxylation is 1. The molecule has 2 aliphatic rings. The second kappa shape index (κ2) is 12.1. The van der Waals surface area contributed by atoms with Crippen molar-refractivity contribution >= 4 is 34.3 Å². The predicted molar refractivity (Wildman–Crippen MR) is 152 cm³/mol. The van der Waals surface area contributed by atoms with Crippen molar-refractivity contribution in [1.29, 1.82) is 0 Å². The molecule has 0 bridgehead atoms. The highest BCUT2D eigenvalue weighted by molar-refractivity contribution is 5.99. The first-order chi connectivity index (χ1) is 18.7. The fourth-order valence-electron chi connectivity index (χ4n) is 6.09. The highest BCUT2D eigenvalue weighted by atomic mass is 16.2. The Bertz CT molecular complexity index is 1300. The van der Waals surface area contributed by atoms with Crippen LogP contribution in [0.3, 0.4) is 0 Å². The van der Waals surface area contributed by atoms with Crippen LogP contribution in [0.15, 0.2) is 35.6 Å². The maximum Gasteiger partial charge on any atom is 0.264 e. The van der Waals surface area contributed by atoms with Gasteiger partial charge in [-0.05, 0) is 76.3 Å². The molecule has 1 aliphatic carbocycles. The summed E-state index contributed by atoms with van der Waals surface area (Å²) in [5.74, 6) is 0.209. The number of carbonyl (C=O) groups excluding carboxylic acids is 3. The van der Waals surface area contributed by atoms with Gasteiger partial charge >= 0.3 is 0 Å². The number of hydrogen-bond acceptors (Lipinski definition) is 6. The van der Waals surface area contributed by atoms with E-state index < -0.39 is 11.9 Å². The maximum atomic E-state index is 13.6. The molecule has 4 rings (SSSR count). The van der Waals surface area contributed by atoms with E-state index in [4.69, 9.17) is 0 Å². The molecule has 1 aromatic carbocycles. The zero-order valence-electron chi connectivity index (χ0n) is 23.3. The van der Waals surface area contributed by atoms with E-state index in [9.17, 15) is 19.2 Å². The van der Waals surface area contributed by atoms with Crippen LogP contribution in [0.4, 0.5) is 5.69 Å². The molecule has 3 N–H and O–H groups in total. The van der Waals surface area contributed by atoms with E-state index in [0.29, 0.717) is 34.9 Å². The number of imide groups is 1. The van der Waals surface area contributed by atoms with Crippen LogP contribution >= 0.6 is 0 Å². The van der Waals surface area contributed by atoms with Crippen LogP contribution in [0.1, 0.15) is 83.5 Å². The number of fused-ring (bicyclic) bond motifs is 1. The standard InChI is InChI=1S/C30H41N5O4/c1-5-17-30(6-2,7-3)34-27(37)21-13-11-20(12-14-21)18-31-22-9-8-10-23-26(22)29(39)35(19(4)32-23)24-15-16-25(36)33-28(24)38/h5,8-10,20-21,24,31H,1,6-7,11-18H2,2-4H3,(H,34,37)(H,33,36,38). The molecule has 2 aromatic rings. The number of anilines is 1. The van der Waals surface area contributed by atoms with Crippen molar-refractivity contribution in [2.45, 2.75) is 90.1 Å². The van der Waals surface area contributed by atoms with Crippen molar-refractivity contribution < 1.29 is 14.4 Å². The number of amides is 3. The predicted octanol–water partition coefficient (Wildman–Crippen LogP) is 4.15. The summed E-state index contributed by atoms with van der Waals surface area (Å²) in [7, 11) is 0. The molecule has 1 atom stereocenters. The Morgan fingerprint density at radius 2 is 1.87 bits per heavy atom. The van der Waals surface area contributed by atoms with Crippen molar-refractivity contribution in [1.82, 2.24) is 20.2 Å².